The monoisotopic (exact) mass is 361 g/mol. The van der Waals surface area contributed by atoms with Gasteiger partial charge in [-0.3, -0.25) is 9.59 Å². The Hall–Kier alpha value is -3.14. The number of halogens is 4. The number of benzene rings is 1. The van der Waals surface area contributed by atoms with Crippen molar-refractivity contribution in [2.75, 3.05) is 0 Å². The Balaban J connectivity index is 2.80. The van der Waals surface area contributed by atoms with E-state index in [2.05, 4.69) is 10.0 Å². The molecule has 0 aliphatic carbocycles. The van der Waals surface area contributed by atoms with Crippen LogP contribution in [-0.2, 0) is 9.59 Å². The van der Waals surface area contributed by atoms with E-state index < -0.39 is 45.4 Å². The van der Waals surface area contributed by atoms with Crippen LogP contribution < -0.4 is 11.2 Å². The van der Waals surface area contributed by atoms with Gasteiger partial charge in [-0.15, -0.1) is 0 Å². The van der Waals surface area contributed by atoms with Gasteiger partial charge in [0.05, 0.1) is 5.56 Å². The highest BCUT2D eigenvalue weighted by Crippen LogP contribution is 2.26. The van der Waals surface area contributed by atoms with E-state index in [-0.39, 0.29) is 19.3 Å². The zero-order chi connectivity index (χ0) is 19.0. The molecule has 2 amide bonds. The third-order valence-electron chi connectivity index (χ3n) is 2.87. The highest BCUT2D eigenvalue weighted by atomic mass is 19.2. The number of carbonyl (C=O) groups is 2. The topological polar surface area (TPSA) is 124 Å². The molecule has 25 heavy (non-hydrogen) atoms. The quantitative estimate of drug-likeness (QED) is 0.0850. The molecule has 1 aromatic rings. The first-order valence-electron chi connectivity index (χ1n) is 6.86. The van der Waals surface area contributed by atoms with E-state index in [1.807, 2.05) is 0 Å². The lowest BCUT2D eigenvalue weighted by Crippen LogP contribution is -2.30. The molecule has 0 atom stereocenters. The third-order valence-corrected chi connectivity index (χ3v) is 2.87. The van der Waals surface area contributed by atoms with E-state index in [4.69, 9.17) is 11.3 Å². The maximum atomic E-state index is 13.7. The van der Waals surface area contributed by atoms with Crippen molar-refractivity contribution in [3.8, 4) is 0 Å². The number of hydrazone groups is 1. The molecule has 0 aliphatic rings. The highest BCUT2D eigenvalue weighted by Gasteiger charge is 2.21. The van der Waals surface area contributed by atoms with Gasteiger partial charge in [0.15, 0.2) is 11.6 Å². The van der Waals surface area contributed by atoms with E-state index in [1.165, 1.54) is 0 Å². The summed E-state index contributed by atoms with van der Waals surface area (Å²) in [7, 11) is 0. The number of primary amides is 1. The van der Waals surface area contributed by atoms with Crippen LogP contribution in [-0.4, -0.2) is 22.9 Å². The van der Waals surface area contributed by atoms with Crippen LogP contribution >= 0.6 is 0 Å². The second-order valence-electron chi connectivity index (χ2n) is 4.76. The third kappa shape index (κ3) is 6.11. The molecule has 0 saturated carbocycles. The van der Waals surface area contributed by atoms with Crippen molar-refractivity contribution in [3.05, 3.63) is 39.5 Å². The molecule has 0 radical (unpaired) electrons. The summed E-state index contributed by atoms with van der Waals surface area (Å²) in [6, 6.07) is 0.397. The maximum absolute atomic E-state index is 13.7. The number of nitrogens with one attached hydrogen (secondary N) is 1. The lowest BCUT2D eigenvalue weighted by molar-refractivity contribution is -0.741. The molecule has 1 rings (SSSR count). The highest BCUT2D eigenvalue weighted by molar-refractivity contribution is 5.79. The van der Waals surface area contributed by atoms with Crippen molar-refractivity contribution in [2.24, 2.45) is 10.8 Å². The van der Waals surface area contributed by atoms with Crippen molar-refractivity contribution in [1.29, 1.82) is 0 Å². The Morgan fingerprint density at radius 1 is 1.28 bits per heavy atom. The lowest BCUT2D eigenvalue weighted by Gasteiger charge is -2.01. The number of nitrogens with zero attached hydrogens (tertiary/aromatic N) is 4. The second-order valence-corrected chi connectivity index (χ2v) is 4.76. The largest absolute Gasteiger partial charge is 0.370 e. The number of unbranched alkanes of at least 4 members (excludes halogenated alkanes) is 1. The second kappa shape index (κ2) is 9.23. The number of carbonyl (C=O) groups excluding carboxylic acids is 2. The van der Waals surface area contributed by atoms with Crippen LogP contribution in [0.5, 0.6) is 0 Å². The standard InChI is InChI=1S/C13H12F4N6O2/c14-8-5-7(11(15)12(16)13(8)20-22-19)6-23(17)21-10(25)4-2-1-3-9(18)24/h5-6H,1-4H2,(H2-,18,21,24,25)/p+1. The fourth-order valence-corrected chi connectivity index (χ4v) is 1.75. The number of amides is 2. The Morgan fingerprint density at radius 3 is 2.52 bits per heavy atom. The first-order chi connectivity index (χ1) is 11.8. The average molecular weight is 361 g/mol. The SMILES string of the molecule is [N-]=[N+]=Nc1c(F)cc(C=[N+](F)NC(=O)CCCCC(N)=O)c(F)c1F. The van der Waals surface area contributed by atoms with Crippen molar-refractivity contribution >= 4 is 23.7 Å². The maximum Gasteiger partial charge on any atom is 0.278 e. The molecule has 134 valence electrons. The first kappa shape index (κ1) is 19.9. The van der Waals surface area contributed by atoms with Crippen LogP contribution in [0.1, 0.15) is 31.2 Å². The summed E-state index contributed by atoms with van der Waals surface area (Å²) in [4.78, 5) is 23.6. The predicted molar refractivity (Wildman–Crippen MR) is 77.5 cm³/mol. The molecule has 1 aromatic carbocycles. The van der Waals surface area contributed by atoms with Gasteiger partial charge in [-0.05, 0) is 24.4 Å². The van der Waals surface area contributed by atoms with E-state index in [9.17, 15) is 27.2 Å². The fourth-order valence-electron chi connectivity index (χ4n) is 1.75. The molecule has 0 spiro atoms. The minimum Gasteiger partial charge on any atom is -0.370 e. The molecular weight excluding hydrogens is 348 g/mol. The molecule has 8 nitrogen and oxygen atoms in total. The van der Waals surface area contributed by atoms with Gasteiger partial charge in [0, 0.05) is 17.8 Å². The molecule has 0 heterocycles. The van der Waals surface area contributed by atoms with Gasteiger partial charge < -0.3 is 5.73 Å². The Kier molecular flexibility index (Phi) is 7.35. The van der Waals surface area contributed by atoms with E-state index in [0.717, 1.165) is 0 Å². The van der Waals surface area contributed by atoms with Crippen LogP contribution in [0.15, 0.2) is 11.2 Å². The lowest BCUT2D eigenvalue weighted by atomic mass is 10.2. The van der Waals surface area contributed by atoms with Crippen molar-refractivity contribution in [2.45, 2.75) is 25.7 Å². The summed E-state index contributed by atoms with van der Waals surface area (Å²) in [5, 5.41) is 2.66. The molecular formula is C13H13F4N6O2+. The molecule has 0 aromatic heterocycles. The zero-order valence-corrected chi connectivity index (χ0v) is 12.7. The van der Waals surface area contributed by atoms with Crippen LogP contribution in [0.3, 0.4) is 0 Å². The summed E-state index contributed by atoms with van der Waals surface area (Å²) in [5.74, 6) is -6.22. The van der Waals surface area contributed by atoms with Gasteiger partial charge >= 0.3 is 0 Å². The molecule has 0 unspecified atom stereocenters. The average Bonchev–Trinajstić information content (AvgIpc) is 2.53. The normalized spacial score (nSPS) is 11.0. The van der Waals surface area contributed by atoms with Crippen LogP contribution in [0.2, 0.25) is 0 Å². The number of hydrogen-bond donors (Lipinski definition) is 2. The molecule has 0 fully saturated rings. The summed E-state index contributed by atoms with van der Waals surface area (Å²) in [6.45, 7) is 0. The minimum atomic E-state index is -1.80. The van der Waals surface area contributed by atoms with Crippen LogP contribution in [0.4, 0.5) is 23.3 Å². The van der Waals surface area contributed by atoms with Crippen molar-refractivity contribution in [1.82, 2.24) is 5.43 Å². The van der Waals surface area contributed by atoms with E-state index >= 15 is 0 Å². The number of nitrogens with two attached hydrogens (primary N) is 1. The first-order valence-corrected chi connectivity index (χ1v) is 6.86. The smallest absolute Gasteiger partial charge is 0.278 e. The summed E-state index contributed by atoms with van der Waals surface area (Å²) in [5.41, 5.74) is 12.7. The molecule has 3 N–H and O–H groups in total. The van der Waals surface area contributed by atoms with Gasteiger partial charge in [-0.1, -0.05) is 10.5 Å². The van der Waals surface area contributed by atoms with Gasteiger partial charge in [-0.25, -0.2) is 13.2 Å². The van der Waals surface area contributed by atoms with Crippen molar-refractivity contribution in [3.63, 3.8) is 0 Å². The van der Waals surface area contributed by atoms with Crippen LogP contribution in [0, 0.1) is 17.5 Å². The number of hydrogen-bond acceptors (Lipinski definition) is 3. The Labute approximate surface area is 138 Å². The molecule has 0 saturated heterocycles. The van der Waals surface area contributed by atoms with Gasteiger partial charge in [-0.2, -0.15) is 0 Å². The van der Waals surface area contributed by atoms with Crippen LogP contribution in [0.25, 0.3) is 10.4 Å². The molecule has 0 bridgehead atoms. The number of rotatable bonds is 8. The van der Waals surface area contributed by atoms with E-state index in [1.54, 1.807) is 5.43 Å². The van der Waals surface area contributed by atoms with Gasteiger partial charge in [0.25, 0.3) is 12.1 Å². The Morgan fingerprint density at radius 2 is 1.92 bits per heavy atom. The van der Waals surface area contributed by atoms with Crippen molar-refractivity contribution < 1.29 is 32.1 Å². The molecule has 12 heteroatoms. The van der Waals surface area contributed by atoms with E-state index in [0.29, 0.717) is 18.7 Å². The predicted octanol–water partition coefficient (Wildman–Crippen LogP) is 2.44. The molecule has 0 aliphatic heterocycles. The number of azide groups is 1. The van der Waals surface area contributed by atoms with Gasteiger partial charge in [0.1, 0.15) is 20.9 Å². The Bertz CT molecular complexity index is 761. The fraction of sp³-hybridized carbons (Fsp3) is 0.308. The summed E-state index contributed by atoms with van der Waals surface area (Å²) in [6.07, 6.45) is 0.789. The number of hydrazine groups is 1. The minimum absolute atomic E-state index is 0.0695. The van der Waals surface area contributed by atoms with Gasteiger partial charge in [0.2, 0.25) is 5.91 Å². The summed E-state index contributed by atoms with van der Waals surface area (Å²) < 4.78 is 54.3. The zero-order valence-electron chi connectivity index (χ0n) is 12.7. The summed E-state index contributed by atoms with van der Waals surface area (Å²) >= 11 is 0.